The monoisotopic (exact) mass is 531 g/mol. The third-order valence-electron chi connectivity index (χ3n) is 6.69. The zero-order valence-corrected chi connectivity index (χ0v) is 22.5. The van der Waals surface area contributed by atoms with Crippen molar-refractivity contribution in [1.29, 1.82) is 0 Å². The molecule has 0 radical (unpaired) electrons. The highest BCUT2D eigenvalue weighted by Crippen LogP contribution is 2.29. The molecule has 1 fully saturated rings. The van der Waals surface area contributed by atoms with E-state index < -0.39 is 23.1 Å². The van der Waals surface area contributed by atoms with Gasteiger partial charge >= 0.3 is 5.69 Å². The van der Waals surface area contributed by atoms with E-state index in [2.05, 4.69) is 4.98 Å². The van der Waals surface area contributed by atoms with E-state index in [4.69, 9.17) is 19.9 Å². The maximum absolute atomic E-state index is 13.7. The molecule has 1 saturated heterocycles. The van der Waals surface area contributed by atoms with Gasteiger partial charge in [0.25, 0.3) is 5.56 Å². The maximum Gasteiger partial charge on any atom is 0.330 e. The minimum Gasteiger partial charge on any atom is -0.493 e. The Kier molecular flexibility index (Phi) is 9.94. The summed E-state index contributed by atoms with van der Waals surface area (Å²) in [6.45, 7) is 3.09. The number of hydrogen-bond acceptors (Lipinski definition) is 8. The molecule has 1 unspecified atom stereocenters. The molecule has 12 nitrogen and oxygen atoms in total. The standard InChI is InChI=1S/C26H37N5O7/c1-5-6-10-31-23(27)22(24(33)28-26(31)35)30(12-13-36-2)25(34)18-15-21(32)29(16-18)11-9-17-7-8-19(37-3)20(14-17)38-4/h7-8,14,18H,5-6,9-13,15-16,27H2,1-4H3,(H,28,33,35). The molecular weight excluding hydrogens is 494 g/mol. The van der Waals surface area contributed by atoms with Crippen molar-refractivity contribution in [2.45, 2.75) is 39.2 Å². The van der Waals surface area contributed by atoms with Gasteiger partial charge in [0, 0.05) is 39.7 Å². The predicted molar refractivity (Wildman–Crippen MR) is 143 cm³/mol. The third-order valence-corrected chi connectivity index (χ3v) is 6.69. The van der Waals surface area contributed by atoms with Gasteiger partial charge in [-0.3, -0.25) is 23.9 Å². The van der Waals surface area contributed by atoms with Crippen molar-refractivity contribution in [3.8, 4) is 11.5 Å². The largest absolute Gasteiger partial charge is 0.493 e. The topological polar surface area (TPSA) is 149 Å². The average Bonchev–Trinajstić information content (AvgIpc) is 3.28. The number of methoxy groups -OCH3 is 3. The van der Waals surface area contributed by atoms with Crippen LogP contribution in [0.3, 0.4) is 0 Å². The van der Waals surface area contributed by atoms with Crippen molar-refractivity contribution in [2.75, 3.05) is 58.2 Å². The highest BCUT2D eigenvalue weighted by molar-refractivity contribution is 6.00. The Labute approximate surface area is 221 Å². The number of nitrogens with one attached hydrogen (secondary N) is 1. The molecular formula is C26H37N5O7. The van der Waals surface area contributed by atoms with Crippen molar-refractivity contribution in [1.82, 2.24) is 14.5 Å². The van der Waals surface area contributed by atoms with E-state index in [1.54, 1.807) is 19.1 Å². The first-order valence-corrected chi connectivity index (χ1v) is 12.7. The molecule has 2 aromatic rings. The fourth-order valence-corrected chi connectivity index (χ4v) is 4.57. The van der Waals surface area contributed by atoms with Crippen LogP contribution in [0.25, 0.3) is 0 Å². The number of unbranched alkanes of at least 4 members (excludes halogenated alkanes) is 1. The van der Waals surface area contributed by atoms with E-state index in [1.165, 1.54) is 16.6 Å². The molecule has 1 aliphatic rings. The smallest absolute Gasteiger partial charge is 0.330 e. The fraction of sp³-hybridized carbons (Fsp3) is 0.538. The first kappa shape index (κ1) is 28.8. The molecule has 1 atom stereocenters. The fourth-order valence-electron chi connectivity index (χ4n) is 4.57. The Morgan fingerprint density at radius 1 is 1.13 bits per heavy atom. The summed E-state index contributed by atoms with van der Waals surface area (Å²) in [6.07, 6.45) is 2.07. The number of amides is 2. The van der Waals surface area contributed by atoms with Gasteiger partial charge in [0.2, 0.25) is 11.8 Å². The number of likely N-dealkylation sites (tertiary alicyclic amines) is 1. The minimum atomic E-state index is -0.751. The number of aromatic amines is 1. The second-order valence-electron chi connectivity index (χ2n) is 9.16. The number of rotatable bonds is 13. The zero-order chi connectivity index (χ0) is 27.8. The normalized spacial score (nSPS) is 15.1. The van der Waals surface area contributed by atoms with Crippen LogP contribution in [0, 0.1) is 5.92 Å². The number of carbonyl (C=O) groups excluding carboxylic acids is 2. The van der Waals surface area contributed by atoms with Crippen LogP contribution in [0.4, 0.5) is 11.5 Å². The van der Waals surface area contributed by atoms with Crippen LogP contribution in [-0.2, 0) is 27.3 Å². The number of carbonyl (C=O) groups is 2. The number of nitrogen functional groups attached to an aromatic ring is 1. The van der Waals surface area contributed by atoms with Crippen LogP contribution in [-0.4, -0.2) is 73.8 Å². The number of ether oxygens (including phenoxy) is 3. The minimum absolute atomic E-state index is 0.0154. The van der Waals surface area contributed by atoms with Gasteiger partial charge in [-0.25, -0.2) is 4.79 Å². The number of nitrogens with zero attached hydrogens (tertiary/aromatic N) is 3. The predicted octanol–water partition coefficient (Wildman–Crippen LogP) is 1.01. The van der Waals surface area contributed by atoms with Gasteiger partial charge in [-0.05, 0) is 30.5 Å². The van der Waals surface area contributed by atoms with Crippen molar-refractivity contribution >= 4 is 23.3 Å². The van der Waals surface area contributed by atoms with Gasteiger partial charge in [0.1, 0.15) is 5.82 Å². The molecule has 2 amide bonds. The first-order valence-electron chi connectivity index (χ1n) is 12.7. The lowest BCUT2D eigenvalue weighted by Gasteiger charge is -2.26. The Balaban J connectivity index is 1.80. The van der Waals surface area contributed by atoms with Crippen LogP contribution in [0.1, 0.15) is 31.7 Å². The summed E-state index contributed by atoms with van der Waals surface area (Å²) in [5.41, 5.74) is 5.74. The van der Waals surface area contributed by atoms with E-state index in [0.29, 0.717) is 37.4 Å². The second-order valence-corrected chi connectivity index (χ2v) is 9.16. The summed E-state index contributed by atoms with van der Waals surface area (Å²) in [4.78, 5) is 56.8. The number of anilines is 2. The van der Waals surface area contributed by atoms with Gasteiger partial charge < -0.3 is 29.7 Å². The second kappa shape index (κ2) is 13.1. The molecule has 0 saturated carbocycles. The SMILES string of the molecule is CCCCn1c(N)c(N(CCOC)C(=O)C2CC(=O)N(CCc3ccc(OC)c(OC)c3)C2)c(=O)[nH]c1=O. The molecule has 1 aromatic heterocycles. The van der Waals surface area contributed by atoms with Crippen LogP contribution in [0.2, 0.25) is 0 Å². The first-order chi connectivity index (χ1) is 18.2. The van der Waals surface area contributed by atoms with E-state index in [1.807, 2.05) is 25.1 Å². The van der Waals surface area contributed by atoms with Gasteiger partial charge in [-0.2, -0.15) is 0 Å². The van der Waals surface area contributed by atoms with E-state index >= 15 is 0 Å². The molecule has 208 valence electrons. The molecule has 12 heteroatoms. The molecule has 0 bridgehead atoms. The van der Waals surface area contributed by atoms with Crippen LogP contribution >= 0.6 is 0 Å². The van der Waals surface area contributed by atoms with Crippen LogP contribution in [0.5, 0.6) is 11.5 Å². The van der Waals surface area contributed by atoms with Crippen molar-refractivity contribution in [3.63, 3.8) is 0 Å². The molecule has 0 aliphatic carbocycles. The van der Waals surface area contributed by atoms with Crippen molar-refractivity contribution < 1.29 is 23.8 Å². The molecule has 3 rings (SSSR count). The van der Waals surface area contributed by atoms with E-state index in [9.17, 15) is 19.2 Å². The van der Waals surface area contributed by atoms with Crippen LogP contribution in [0.15, 0.2) is 27.8 Å². The highest BCUT2D eigenvalue weighted by atomic mass is 16.5. The van der Waals surface area contributed by atoms with Crippen molar-refractivity contribution in [2.24, 2.45) is 5.92 Å². The molecule has 1 aliphatic heterocycles. The van der Waals surface area contributed by atoms with Gasteiger partial charge in [-0.15, -0.1) is 0 Å². The van der Waals surface area contributed by atoms with Crippen LogP contribution < -0.4 is 31.4 Å². The lowest BCUT2D eigenvalue weighted by Crippen LogP contribution is -2.45. The summed E-state index contributed by atoms with van der Waals surface area (Å²) in [5, 5.41) is 0. The molecule has 3 N–H and O–H groups in total. The number of H-pyrrole nitrogens is 1. The molecule has 1 aromatic carbocycles. The molecule has 2 heterocycles. The van der Waals surface area contributed by atoms with E-state index in [0.717, 1.165) is 12.0 Å². The summed E-state index contributed by atoms with van der Waals surface area (Å²) in [5.74, 6) is -0.0913. The number of benzene rings is 1. The Morgan fingerprint density at radius 2 is 1.87 bits per heavy atom. The zero-order valence-electron chi connectivity index (χ0n) is 22.5. The quantitative estimate of drug-likeness (QED) is 0.389. The van der Waals surface area contributed by atoms with Gasteiger partial charge in [0.05, 0.1) is 26.7 Å². The Bertz CT molecular complexity index is 1260. The van der Waals surface area contributed by atoms with Crippen molar-refractivity contribution in [3.05, 3.63) is 44.6 Å². The van der Waals surface area contributed by atoms with Gasteiger partial charge in [0.15, 0.2) is 17.2 Å². The summed E-state index contributed by atoms with van der Waals surface area (Å²) < 4.78 is 17.0. The number of nitrogens with two attached hydrogens (primary N) is 1. The van der Waals surface area contributed by atoms with Gasteiger partial charge in [-0.1, -0.05) is 19.4 Å². The number of hydrogen-bond donors (Lipinski definition) is 2. The summed E-state index contributed by atoms with van der Waals surface area (Å²) in [7, 11) is 4.60. The average molecular weight is 532 g/mol. The molecule has 0 spiro atoms. The highest BCUT2D eigenvalue weighted by Gasteiger charge is 2.38. The lowest BCUT2D eigenvalue weighted by molar-refractivity contribution is -0.128. The Morgan fingerprint density at radius 3 is 2.53 bits per heavy atom. The third kappa shape index (κ3) is 6.36. The number of aromatic nitrogens is 2. The Hall–Kier alpha value is -3.80. The summed E-state index contributed by atoms with van der Waals surface area (Å²) >= 11 is 0. The summed E-state index contributed by atoms with van der Waals surface area (Å²) in [6, 6.07) is 5.57. The van der Waals surface area contributed by atoms with E-state index in [-0.39, 0.29) is 43.5 Å². The maximum atomic E-state index is 13.7. The lowest BCUT2D eigenvalue weighted by atomic mass is 10.1. The molecule has 38 heavy (non-hydrogen) atoms.